The zero-order valence-electron chi connectivity index (χ0n) is 11.0. The van der Waals surface area contributed by atoms with Gasteiger partial charge in [-0.3, -0.25) is 0 Å². The predicted octanol–water partition coefficient (Wildman–Crippen LogP) is 4.61. The first-order valence-corrected chi connectivity index (χ1v) is 7.25. The Morgan fingerprint density at radius 2 is 1.95 bits per heavy atom. The van der Waals surface area contributed by atoms with Gasteiger partial charge < -0.3 is 5.11 Å². The van der Waals surface area contributed by atoms with E-state index in [0.717, 1.165) is 12.0 Å². The zero-order chi connectivity index (χ0) is 14.8. The summed E-state index contributed by atoms with van der Waals surface area (Å²) in [6, 6.07) is 6.92. The van der Waals surface area contributed by atoms with E-state index >= 15 is 0 Å². The van der Waals surface area contributed by atoms with Gasteiger partial charge in [-0.05, 0) is 42.9 Å². The first kappa shape index (κ1) is 15.6. The van der Waals surface area contributed by atoms with Crippen LogP contribution in [0.2, 0.25) is 5.02 Å². The molecule has 3 atom stereocenters. The van der Waals surface area contributed by atoms with Crippen LogP contribution < -0.4 is 0 Å². The highest BCUT2D eigenvalue weighted by atomic mass is 35.5. The Morgan fingerprint density at radius 1 is 1.25 bits per heavy atom. The van der Waals surface area contributed by atoms with Crippen molar-refractivity contribution in [2.45, 2.75) is 44.4 Å². The van der Waals surface area contributed by atoms with Gasteiger partial charge in [0.1, 0.15) is 0 Å². The molecule has 1 N–H and O–H groups in total. The van der Waals surface area contributed by atoms with Crippen LogP contribution in [0.3, 0.4) is 0 Å². The minimum Gasteiger partial charge on any atom is -0.392 e. The fourth-order valence-corrected chi connectivity index (χ4v) is 3.30. The number of aliphatic hydroxyl groups excluding tert-OH is 1. The van der Waals surface area contributed by atoms with Gasteiger partial charge in [-0.1, -0.05) is 36.6 Å². The largest absolute Gasteiger partial charge is 0.392 e. The molecule has 1 aromatic rings. The third-order valence-electron chi connectivity index (χ3n) is 4.07. The molecule has 112 valence electrons. The maximum Gasteiger partial charge on any atom is 0.392 e. The van der Waals surface area contributed by atoms with E-state index in [4.69, 9.17) is 11.6 Å². The molecule has 1 nitrogen and oxygen atoms in total. The monoisotopic (exact) mass is 306 g/mol. The second-order valence-corrected chi connectivity index (χ2v) is 5.93. The van der Waals surface area contributed by atoms with Crippen molar-refractivity contribution in [2.75, 3.05) is 0 Å². The summed E-state index contributed by atoms with van der Waals surface area (Å²) < 4.78 is 39.1. The van der Waals surface area contributed by atoms with Crippen LogP contribution in [0.1, 0.15) is 31.2 Å². The van der Waals surface area contributed by atoms with Crippen molar-refractivity contribution in [3.63, 3.8) is 0 Å². The molecule has 0 radical (unpaired) electrons. The lowest BCUT2D eigenvalue weighted by Crippen LogP contribution is -2.40. The van der Waals surface area contributed by atoms with Crippen molar-refractivity contribution in [2.24, 2.45) is 11.8 Å². The summed E-state index contributed by atoms with van der Waals surface area (Å²) in [6.07, 6.45) is -3.07. The van der Waals surface area contributed by atoms with Gasteiger partial charge in [0.25, 0.3) is 0 Å². The van der Waals surface area contributed by atoms with E-state index in [0.29, 0.717) is 17.9 Å². The minimum atomic E-state index is -4.22. The normalized spacial score (nSPS) is 25.4. The smallest absolute Gasteiger partial charge is 0.392 e. The third kappa shape index (κ3) is 3.89. The van der Waals surface area contributed by atoms with Crippen LogP contribution in [-0.2, 0) is 6.42 Å². The van der Waals surface area contributed by atoms with Crippen LogP contribution in [0.5, 0.6) is 0 Å². The van der Waals surface area contributed by atoms with Gasteiger partial charge in [0.2, 0.25) is 0 Å². The second-order valence-electron chi connectivity index (χ2n) is 5.50. The quantitative estimate of drug-likeness (QED) is 0.864. The summed E-state index contributed by atoms with van der Waals surface area (Å²) in [5.74, 6) is -2.09. The van der Waals surface area contributed by atoms with Crippen molar-refractivity contribution in [1.29, 1.82) is 0 Å². The van der Waals surface area contributed by atoms with Crippen molar-refractivity contribution < 1.29 is 18.3 Å². The molecule has 1 fully saturated rings. The highest BCUT2D eigenvalue weighted by Gasteiger charge is 2.47. The molecule has 0 aromatic heterocycles. The van der Waals surface area contributed by atoms with Crippen molar-refractivity contribution in [3.8, 4) is 0 Å². The molecular formula is C15H18ClF3O. The Morgan fingerprint density at radius 3 is 2.60 bits per heavy atom. The van der Waals surface area contributed by atoms with E-state index in [1.54, 1.807) is 24.3 Å². The SMILES string of the molecule is OC(Cc1cccc(Cl)c1)C1CCCCC1C(F)(F)F. The Bertz CT molecular complexity index is 447. The molecule has 20 heavy (non-hydrogen) atoms. The van der Waals surface area contributed by atoms with E-state index in [1.807, 2.05) is 0 Å². The molecular weight excluding hydrogens is 289 g/mol. The lowest BCUT2D eigenvalue weighted by molar-refractivity contribution is -0.206. The molecule has 1 aromatic carbocycles. The standard InChI is InChI=1S/C15H18ClF3O/c16-11-5-3-4-10(8-11)9-14(20)12-6-1-2-7-13(12)15(17,18)19/h3-5,8,12-14,20H,1-2,6-7,9H2. The number of halogens is 4. The maximum absolute atomic E-state index is 13.0. The predicted molar refractivity (Wildman–Crippen MR) is 72.7 cm³/mol. The molecule has 1 saturated carbocycles. The first-order valence-electron chi connectivity index (χ1n) is 6.87. The molecule has 0 aliphatic heterocycles. The minimum absolute atomic E-state index is 0.126. The fourth-order valence-electron chi connectivity index (χ4n) is 3.08. The van der Waals surface area contributed by atoms with Gasteiger partial charge in [0.05, 0.1) is 12.0 Å². The molecule has 1 aliphatic rings. The number of rotatable bonds is 3. The van der Waals surface area contributed by atoms with Crippen LogP contribution >= 0.6 is 11.6 Å². The summed E-state index contributed by atoms with van der Waals surface area (Å²) in [6.45, 7) is 0. The highest BCUT2D eigenvalue weighted by molar-refractivity contribution is 6.30. The summed E-state index contributed by atoms with van der Waals surface area (Å²) >= 11 is 5.85. The molecule has 3 unspecified atom stereocenters. The number of benzene rings is 1. The van der Waals surface area contributed by atoms with Gasteiger partial charge in [-0.25, -0.2) is 0 Å². The number of hydrogen-bond acceptors (Lipinski definition) is 1. The molecule has 0 saturated heterocycles. The first-order chi connectivity index (χ1) is 9.38. The summed E-state index contributed by atoms with van der Waals surface area (Å²) in [7, 11) is 0. The van der Waals surface area contributed by atoms with E-state index in [1.165, 1.54) is 0 Å². The summed E-state index contributed by atoms with van der Waals surface area (Å²) in [4.78, 5) is 0. The number of aliphatic hydroxyl groups is 1. The third-order valence-corrected chi connectivity index (χ3v) is 4.30. The number of alkyl halides is 3. The second kappa shape index (κ2) is 6.35. The van der Waals surface area contributed by atoms with Gasteiger partial charge in [0, 0.05) is 5.02 Å². The van der Waals surface area contributed by atoms with E-state index in [-0.39, 0.29) is 12.8 Å². The number of hydrogen-bond donors (Lipinski definition) is 1. The molecule has 0 bridgehead atoms. The molecule has 1 aliphatic carbocycles. The Kier molecular flexibility index (Phi) is 4.97. The Hall–Kier alpha value is -0.740. The van der Waals surface area contributed by atoms with Crippen LogP contribution in [0.15, 0.2) is 24.3 Å². The highest BCUT2D eigenvalue weighted by Crippen LogP contribution is 2.43. The van der Waals surface area contributed by atoms with E-state index < -0.39 is 24.1 Å². The average molecular weight is 307 g/mol. The topological polar surface area (TPSA) is 20.2 Å². The lowest BCUT2D eigenvalue weighted by Gasteiger charge is -2.36. The van der Waals surface area contributed by atoms with Crippen LogP contribution in [-0.4, -0.2) is 17.4 Å². The molecule has 5 heteroatoms. The van der Waals surface area contributed by atoms with E-state index in [9.17, 15) is 18.3 Å². The van der Waals surface area contributed by atoms with Crippen LogP contribution in [0.4, 0.5) is 13.2 Å². The summed E-state index contributed by atoms with van der Waals surface area (Å²) in [5.41, 5.74) is 0.775. The molecule has 2 rings (SSSR count). The van der Waals surface area contributed by atoms with Crippen LogP contribution in [0.25, 0.3) is 0 Å². The fraction of sp³-hybridized carbons (Fsp3) is 0.600. The van der Waals surface area contributed by atoms with Crippen molar-refractivity contribution >= 4 is 11.6 Å². The van der Waals surface area contributed by atoms with Gasteiger partial charge in [-0.15, -0.1) is 0 Å². The lowest BCUT2D eigenvalue weighted by atomic mass is 9.74. The van der Waals surface area contributed by atoms with E-state index in [2.05, 4.69) is 0 Å². The average Bonchev–Trinajstić information content (AvgIpc) is 2.37. The molecule has 0 heterocycles. The van der Waals surface area contributed by atoms with Gasteiger partial charge in [-0.2, -0.15) is 13.2 Å². The molecule has 0 amide bonds. The zero-order valence-corrected chi connectivity index (χ0v) is 11.8. The summed E-state index contributed by atoms with van der Waals surface area (Å²) in [5, 5.41) is 10.7. The van der Waals surface area contributed by atoms with Crippen LogP contribution in [0, 0.1) is 11.8 Å². The van der Waals surface area contributed by atoms with Gasteiger partial charge >= 0.3 is 6.18 Å². The Labute approximate surface area is 121 Å². The Balaban J connectivity index is 2.08. The maximum atomic E-state index is 13.0. The van der Waals surface area contributed by atoms with Gasteiger partial charge in [0.15, 0.2) is 0 Å². The van der Waals surface area contributed by atoms with Crippen molar-refractivity contribution in [3.05, 3.63) is 34.9 Å². The molecule has 0 spiro atoms. The van der Waals surface area contributed by atoms with Crippen molar-refractivity contribution in [1.82, 2.24) is 0 Å².